The summed E-state index contributed by atoms with van der Waals surface area (Å²) >= 11 is 5.29. The van der Waals surface area contributed by atoms with Crippen molar-refractivity contribution in [2.24, 2.45) is 0 Å². The number of halogens is 1. The highest BCUT2D eigenvalue weighted by atomic mass is 35.5. The van der Waals surface area contributed by atoms with Crippen LogP contribution in [0.25, 0.3) is 5.52 Å². The number of imidazole rings is 1. The zero-order valence-corrected chi connectivity index (χ0v) is 11.1. The van der Waals surface area contributed by atoms with Crippen LogP contribution in [0.3, 0.4) is 0 Å². The molecule has 5 heteroatoms. The predicted octanol–water partition coefficient (Wildman–Crippen LogP) is -0.594. The first kappa shape index (κ1) is 12.8. The minimum Gasteiger partial charge on any atom is -1.00 e. The van der Waals surface area contributed by atoms with Crippen molar-refractivity contribution in [3.63, 3.8) is 0 Å². The minimum absolute atomic E-state index is 0. The summed E-state index contributed by atoms with van der Waals surface area (Å²) < 4.78 is 2.75. The highest BCUT2D eigenvalue weighted by Gasteiger charge is 2.05. The van der Waals surface area contributed by atoms with Crippen molar-refractivity contribution in [2.45, 2.75) is 6.42 Å². The smallest absolute Gasteiger partial charge is 0.182 e. The molecule has 0 saturated carbocycles. The number of fused-ring (bicyclic) bond motifs is 1. The molecule has 3 rings (SSSR count). The molecule has 3 heterocycles. The number of aromatic amines is 2. The molecular formula is C13H12ClN3S. The quantitative estimate of drug-likeness (QED) is 0.624. The van der Waals surface area contributed by atoms with E-state index in [0.717, 1.165) is 22.4 Å². The van der Waals surface area contributed by atoms with E-state index in [2.05, 4.69) is 28.2 Å². The molecule has 0 saturated heterocycles. The van der Waals surface area contributed by atoms with E-state index in [1.54, 1.807) is 0 Å². The van der Waals surface area contributed by atoms with Crippen molar-refractivity contribution in [2.75, 3.05) is 0 Å². The van der Waals surface area contributed by atoms with Gasteiger partial charge in [0.05, 0.1) is 5.52 Å². The average molecular weight is 278 g/mol. The van der Waals surface area contributed by atoms with E-state index in [9.17, 15) is 0 Å². The van der Waals surface area contributed by atoms with Crippen LogP contribution < -0.4 is 17.4 Å². The Bertz CT molecular complexity index is 703. The van der Waals surface area contributed by atoms with Gasteiger partial charge in [-0.3, -0.25) is 4.40 Å². The first-order valence-electron chi connectivity index (χ1n) is 5.48. The molecule has 0 aromatic carbocycles. The van der Waals surface area contributed by atoms with Crippen LogP contribution >= 0.6 is 12.2 Å². The van der Waals surface area contributed by atoms with Crippen molar-refractivity contribution in [1.29, 1.82) is 0 Å². The number of H-pyrrole nitrogens is 2. The SMILES string of the molecule is S=c1[nH]c(Cc2cc[nH+]cc2)c2ccccn12.[Cl-]. The van der Waals surface area contributed by atoms with Gasteiger partial charge in [-0.2, -0.15) is 0 Å². The van der Waals surface area contributed by atoms with Crippen LogP contribution in [0, 0.1) is 4.77 Å². The Labute approximate surface area is 116 Å². The van der Waals surface area contributed by atoms with Crippen LogP contribution in [0.4, 0.5) is 0 Å². The van der Waals surface area contributed by atoms with Crippen LogP contribution in [0.2, 0.25) is 0 Å². The topological polar surface area (TPSA) is 34.3 Å². The van der Waals surface area contributed by atoms with Crippen molar-refractivity contribution >= 4 is 17.7 Å². The Balaban J connectivity index is 0.00000120. The second-order valence-corrected chi connectivity index (χ2v) is 4.34. The third-order valence-corrected chi connectivity index (χ3v) is 3.11. The zero-order valence-electron chi connectivity index (χ0n) is 9.56. The molecule has 0 unspecified atom stereocenters. The van der Waals surface area contributed by atoms with Gasteiger partial charge in [0.15, 0.2) is 17.2 Å². The molecule has 0 spiro atoms. The van der Waals surface area contributed by atoms with E-state index in [1.165, 1.54) is 5.56 Å². The molecule has 18 heavy (non-hydrogen) atoms. The maximum atomic E-state index is 5.29. The Hall–Kier alpha value is -1.65. The van der Waals surface area contributed by atoms with Crippen LogP contribution in [0.15, 0.2) is 48.9 Å². The lowest BCUT2D eigenvalue weighted by atomic mass is 10.1. The summed E-state index contributed by atoms with van der Waals surface area (Å²) in [4.78, 5) is 6.29. The largest absolute Gasteiger partial charge is 1.00 e. The zero-order chi connectivity index (χ0) is 11.7. The second-order valence-electron chi connectivity index (χ2n) is 3.95. The van der Waals surface area contributed by atoms with Gasteiger partial charge < -0.3 is 17.4 Å². The fraction of sp³-hybridized carbons (Fsp3) is 0.0769. The molecule has 0 aliphatic carbocycles. The maximum absolute atomic E-state index is 5.29. The molecule has 0 aliphatic heterocycles. The van der Waals surface area contributed by atoms with E-state index in [-0.39, 0.29) is 12.4 Å². The Kier molecular flexibility index (Phi) is 3.79. The van der Waals surface area contributed by atoms with Crippen molar-refractivity contribution in [3.05, 3.63) is 65.0 Å². The highest BCUT2D eigenvalue weighted by molar-refractivity contribution is 7.71. The van der Waals surface area contributed by atoms with E-state index >= 15 is 0 Å². The summed E-state index contributed by atoms with van der Waals surface area (Å²) in [6, 6.07) is 10.2. The fourth-order valence-corrected chi connectivity index (χ4v) is 2.28. The second kappa shape index (κ2) is 5.33. The Morgan fingerprint density at radius 3 is 2.72 bits per heavy atom. The third kappa shape index (κ3) is 2.30. The summed E-state index contributed by atoms with van der Waals surface area (Å²) in [5, 5.41) is 0. The van der Waals surface area contributed by atoms with Gasteiger partial charge in [-0.25, -0.2) is 4.98 Å². The van der Waals surface area contributed by atoms with Crippen LogP contribution in [0.1, 0.15) is 11.3 Å². The summed E-state index contributed by atoms with van der Waals surface area (Å²) in [5.41, 5.74) is 3.55. The van der Waals surface area contributed by atoms with Gasteiger partial charge in [0.2, 0.25) is 0 Å². The fourth-order valence-electron chi connectivity index (χ4n) is 2.00. The van der Waals surface area contributed by atoms with Crippen LogP contribution in [-0.2, 0) is 6.42 Å². The number of nitrogens with one attached hydrogen (secondary N) is 2. The van der Waals surface area contributed by atoms with E-state index in [0.29, 0.717) is 0 Å². The molecule has 0 aliphatic rings. The standard InChI is InChI=1S/C13H11N3S.ClH/c17-13-15-11(9-10-4-6-14-7-5-10)12-3-1-2-8-16(12)13;/h1-8H,9H2,(H,15,17);1H. The van der Waals surface area contributed by atoms with E-state index in [1.807, 2.05) is 35.1 Å². The highest BCUT2D eigenvalue weighted by Crippen LogP contribution is 2.14. The molecule has 3 aromatic rings. The lowest BCUT2D eigenvalue weighted by molar-refractivity contribution is -0.378. The monoisotopic (exact) mass is 277 g/mol. The molecule has 3 nitrogen and oxygen atoms in total. The maximum Gasteiger partial charge on any atom is 0.182 e. The predicted molar refractivity (Wildman–Crippen MR) is 68.4 cm³/mol. The number of aromatic nitrogens is 3. The first-order chi connectivity index (χ1) is 8.34. The van der Waals surface area contributed by atoms with Gasteiger partial charge in [0.1, 0.15) is 0 Å². The molecule has 0 atom stereocenters. The number of rotatable bonds is 2. The molecule has 0 fully saturated rings. The average Bonchev–Trinajstić information content (AvgIpc) is 2.69. The molecule has 0 bridgehead atoms. The van der Waals surface area contributed by atoms with Gasteiger partial charge in [0.25, 0.3) is 0 Å². The summed E-state index contributed by atoms with van der Waals surface area (Å²) in [5.74, 6) is 0. The van der Waals surface area contributed by atoms with Crippen molar-refractivity contribution in [3.8, 4) is 0 Å². The van der Waals surface area contributed by atoms with Gasteiger partial charge in [-0.05, 0) is 29.9 Å². The Morgan fingerprint density at radius 1 is 1.17 bits per heavy atom. The van der Waals surface area contributed by atoms with Crippen molar-refractivity contribution in [1.82, 2.24) is 9.38 Å². The van der Waals surface area contributed by atoms with E-state index in [4.69, 9.17) is 12.2 Å². The lowest BCUT2D eigenvalue weighted by Gasteiger charge is -1.98. The molecule has 0 radical (unpaired) electrons. The number of hydrogen-bond donors (Lipinski definition) is 1. The van der Waals surface area contributed by atoms with Gasteiger partial charge in [-0.15, -0.1) is 0 Å². The minimum atomic E-state index is 0. The van der Waals surface area contributed by atoms with Gasteiger partial charge in [-0.1, -0.05) is 6.07 Å². The summed E-state index contributed by atoms with van der Waals surface area (Å²) in [6.07, 6.45) is 6.71. The number of pyridine rings is 2. The first-order valence-corrected chi connectivity index (χ1v) is 5.88. The lowest BCUT2D eigenvalue weighted by Crippen LogP contribution is -3.00. The molecule has 2 N–H and O–H groups in total. The number of nitrogens with zero attached hydrogens (tertiary/aromatic N) is 1. The Morgan fingerprint density at radius 2 is 1.94 bits per heavy atom. The van der Waals surface area contributed by atoms with Gasteiger partial charge >= 0.3 is 0 Å². The van der Waals surface area contributed by atoms with Gasteiger partial charge in [0, 0.05) is 30.4 Å². The van der Waals surface area contributed by atoms with Crippen LogP contribution in [-0.4, -0.2) is 9.38 Å². The normalized spacial score (nSPS) is 10.2. The third-order valence-electron chi connectivity index (χ3n) is 2.81. The van der Waals surface area contributed by atoms with Crippen molar-refractivity contribution < 1.29 is 17.4 Å². The van der Waals surface area contributed by atoms with E-state index < -0.39 is 0 Å². The summed E-state index contributed by atoms with van der Waals surface area (Å²) in [7, 11) is 0. The number of hydrogen-bond acceptors (Lipinski definition) is 1. The molecule has 3 aromatic heterocycles. The summed E-state index contributed by atoms with van der Waals surface area (Å²) in [6.45, 7) is 0. The molecule has 0 amide bonds. The molecule has 92 valence electrons. The molecular weight excluding hydrogens is 266 g/mol. The van der Waals surface area contributed by atoms with Crippen LogP contribution in [0.5, 0.6) is 0 Å².